The smallest absolute Gasteiger partial charge is 0.265 e. The van der Waals surface area contributed by atoms with E-state index in [0.29, 0.717) is 16.1 Å². The van der Waals surface area contributed by atoms with Crippen molar-refractivity contribution >= 4 is 23.2 Å². The Morgan fingerprint density at radius 1 is 1.28 bits per heavy atom. The topological polar surface area (TPSA) is 72.0 Å². The SMILES string of the molecule is Cc1nnsc1C(=O)NCC(=O)c1ccccc1. The van der Waals surface area contributed by atoms with Crippen molar-refractivity contribution in [2.24, 2.45) is 0 Å². The lowest BCUT2D eigenvalue weighted by atomic mass is 10.1. The van der Waals surface area contributed by atoms with E-state index in [0.717, 1.165) is 11.5 Å². The molecule has 0 atom stereocenters. The molecule has 0 aliphatic heterocycles. The van der Waals surface area contributed by atoms with E-state index < -0.39 is 0 Å². The quantitative estimate of drug-likeness (QED) is 0.846. The number of hydrogen-bond acceptors (Lipinski definition) is 5. The van der Waals surface area contributed by atoms with Gasteiger partial charge >= 0.3 is 0 Å². The molecule has 0 aliphatic carbocycles. The standard InChI is InChI=1S/C12H11N3O2S/c1-8-11(18-15-14-8)12(17)13-7-10(16)9-5-3-2-4-6-9/h2-6H,7H2,1H3,(H,13,17). The first kappa shape index (κ1) is 12.4. The van der Waals surface area contributed by atoms with Crippen LogP contribution in [0, 0.1) is 6.92 Å². The van der Waals surface area contributed by atoms with E-state index in [1.165, 1.54) is 0 Å². The Labute approximate surface area is 108 Å². The fourth-order valence-corrected chi connectivity index (χ4v) is 1.98. The Bertz CT molecular complexity index is 566. The Morgan fingerprint density at radius 3 is 2.61 bits per heavy atom. The minimum absolute atomic E-state index is 0.0276. The van der Waals surface area contributed by atoms with Crippen LogP contribution < -0.4 is 5.32 Å². The molecule has 1 aromatic carbocycles. The van der Waals surface area contributed by atoms with Gasteiger partial charge in [0.2, 0.25) is 0 Å². The highest BCUT2D eigenvalue weighted by Gasteiger charge is 2.14. The van der Waals surface area contributed by atoms with E-state index in [4.69, 9.17) is 0 Å². The minimum Gasteiger partial charge on any atom is -0.344 e. The zero-order valence-electron chi connectivity index (χ0n) is 9.71. The van der Waals surface area contributed by atoms with Crippen LogP contribution in [0.4, 0.5) is 0 Å². The normalized spacial score (nSPS) is 10.1. The summed E-state index contributed by atoms with van der Waals surface area (Å²) in [5.41, 5.74) is 1.15. The zero-order chi connectivity index (χ0) is 13.0. The average Bonchev–Trinajstić information content (AvgIpc) is 2.83. The van der Waals surface area contributed by atoms with E-state index in [2.05, 4.69) is 14.9 Å². The molecule has 0 fully saturated rings. The third-order valence-corrected chi connectivity index (χ3v) is 3.19. The molecule has 2 aromatic rings. The van der Waals surface area contributed by atoms with Gasteiger partial charge in [-0.15, -0.1) is 5.10 Å². The molecule has 1 amide bonds. The van der Waals surface area contributed by atoms with Crippen LogP contribution in [0.25, 0.3) is 0 Å². The van der Waals surface area contributed by atoms with Crippen molar-refractivity contribution in [2.45, 2.75) is 6.92 Å². The lowest BCUT2D eigenvalue weighted by molar-refractivity contribution is 0.0906. The summed E-state index contributed by atoms with van der Waals surface area (Å²) < 4.78 is 3.67. The molecule has 6 heteroatoms. The van der Waals surface area contributed by atoms with Crippen LogP contribution in [0.5, 0.6) is 0 Å². The molecule has 0 saturated heterocycles. The summed E-state index contributed by atoms with van der Waals surface area (Å²) in [4.78, 5) is 23.9. The molecular weight excluding hydrogens is 250 g/mol. The van der Waals surface area contributed by atoms with E-state index in [-0.39, 0.29) is 18.2 Å². The van der Waals surface area contributed by atoms with Gasteiger partial charge in [-0.1, -0.05) is 34.8 Å². The Kier molecular flexibility index (Phi) is 3.78. The lowest BCUT2D eigenvalue weighted by Gasteiger charge is -2.03. The maximum Gasteiger partial charge on any atom is 0.265 e. The van der Waals surface area contributed by atoms with Crippen LogP contribution in [0.2, 0.25) is 0 Å². The van der Waals surface area contributed by atoms with Crippen molar-refractivity contribution in [2.75, 3.05) is 6.54 Å². The second kappa shape index (κ2) is 5.50. The van der Waals surface area contributed by atoms with Crippen LogP contribution in [-0.2, 0) is 0 Å². The zero-order valence-corrected chi connectivity index (χ0v) is 10.5. The Morgan fingerprint density at radius 2 is 2.00 bits per heavy atom. The summed E-state index contributed by atoms with van der Waals surface area (Å²) in [5.74, 6) is -0.439. The number of carbonyl (C=O) groups is 2. The summed E-state index contributed by atoms with van der Waals surface area (Å²) in [7, 11) is 0. The van der Waals surface area contributed by atoms with Gasteiger partial charge in [-0.2, -0.15) is 0 Å². The van der Waals surface area contributed by atoms with Gasteiger partial charge in [0.05, 0.1) is 12.2 Å². The molecule has 1 N–H and O–H groups in total. The third kappa shape index (κ3) is 2.78. The van der Waals surface area contributed by atoms with Gasteiger partial charge in [-0.05, 0) is 18.5 Å². The predicted molar refractivity (Wildman–Crippen MR) is 67.8 cm³/mol. The number of nitrogens with one attached hydrogen (secondary N) is 1. The fraction of sp³-hybridized carbons (Fsp3) is 0.167. The van der Waals surface area contributed by atoms with Gasteiger partial charge in [0.15, 0.2) is 5.78 Å². The number of nitrogens with zero attached hydrogens (tertiary/aromatic N) is 2. The summed E-state index contributed by atoms with van der Waals surface area (Å²) in [6.45, 7) is 1.68. The maximum atomic E-state index is 11.8. The molecule has 0 bridgehead atoms. The number of aromatic nitrogens is 2. The maximum absolute atomic E-state index is 11.8. The number of ketones is 1. The second-order valence-corrected chi connectivity index (χ2v) is 4.41. The first-order chi connectivity index (χ1) is 8.68. The molecule has 1 aromatic heterocycles. The average molecular weight is 261 g/mol. The van der Waals surface area contributed by atoms with Crippen molar-refractivity contribution < 1.29 is 9.59 Å². The molecule has 0 spiro atoms. The highest BCUT2D eigenvalue weighted by Crippen LogP contribution is 2.08. The van der Waals surface area contributed by atoms with E-state index in [9.17, 15) is 9.59 Å². The molecule has 92 valence electrons. The molecule has 5 nitrogen and oxygen atoms in total. The van der Waals surface area contributed by atoms with E-state index >= 15 is 0 Å². The summed E-state index contributed by atoms with van der Waals surface area (Å²) in [6.07, 6.45) is 0. The van der Waals surface area contributed by atoms with Crippen LogP contribution in [0.1, 0.15) is 25.7 Å². The lowest BCUT2D eigenvalue weighted by Crippen LogP contribution is -2.29. The van der Waals surface area contributed by atoms with Gasteiger partial charge in [0, 0.05) is 5.56 Å². The molecular formula is C12H11N3O2S. The van der Waals surface area contributed by atoms with Crippen LogP contribution in [0.3, 0.4) is 0 Å². The number of carbonyl (C=O) groups excluding carboxylic acids is 2. The second-order valence-electron chi connectivity index (χ2n) is 3.66. The van der Waals surface area contributed by atoms with Crippen LogP contribution in [0.15, 0.2) is 30.3 Å². The number of hydrogen-bond donors (Lipinski definition) is 1. The van der Waals surface area contributed by atoms with E-state index in [1.807, 2.05) is 6.07 Å². The van der Waals surface area contributed by atoms with Crippen LogP contribution >= 0.6 is 11.5 Å². The van der Waals surface area contributed by atoms with E-state index in [1.54, 1.807) is 31.2 Å². The van der Waals surface area contributed by atoms with Gasteiger partial charge in [0.1, 0.15) is 4.88 Å². The predicted octanol–water partition coefficient (Wildman–Crippen LogP) is 1.46. The molecule has 0 unspecified atom stereocenters. The highest BCUT2D eigenvalue weighted by molar-refractivity contribution is 7.08. The Hall–Kier alpha value is -2.08. The Balaban J connectivity index is 1.95. The largest absolute Gasteiger partial charge is 0.344 e. The third-order valence-electron chi connectivity index (χ3n) is 2.36. The number of rotatable bonds is 4. The fourth-order valence-electron chi connectivity index (χ4n) is 1.41. The van der Waals surface area contributed by atoms with Gasteiger partial charge in [-0.25, -0.2) is 0 Å². The molecule has 0 saturated carbocycles. The van der Waals surface area contributed by atoms with Crippen molar-refractivity contribution in [3.8, 4) is 0 Å². The van der Waals surface area contributed by atoms with Crippen molar-refractivity contribution in [1.82, 2.24) is 14.9 Å². The first-order valence-electron chi connectivity index (χ1n) is 5.34. The van der Waals surface area contributed by atoms with Gasteiger partial charge in [0.25, 0.3) is 5.91 Å². The van der Waals surface area contributed by atoms with Crippen molar-refractivity contribution in [1.29, 1.82) is 0 Å². The molecule has 0 aliphatic rings. The summed E-state index contributed by atoms with van der Waals surface area (Å²) in [6, 6.07) is 8.84. The number of aryl methyl sites for hydroxylation is 1. The monoisotopic (exact) mass is 261 g/mol. The van der Waals surface area contributed by atoms with Crippen LogP contribution in [-0.4, -0.2) is 27.8 Å². The molecule has 18 heavy (non-hydrogen) atoms. The first-order valence-corrected chi connectivity index (χ1v) is 6.11. The van der Waals surface area contributed by atoms with Crippen molar-refractivity contribution in [3.63, 3.8) is 0 Å². The number of benzene rings is 1. The minimum atomic E-state index is -0.313. The van der Waals surface area contributed by atoms with Crippen molar-refractivity contribution in [3.05, 3.63) is 46.5 Å². The van der Waals surface area contributed by atoms with Gasteiger partial charge in [-0.3, -0.25) is 9.59 Å². The molecule has 0 radical (unpaired) electrons. The molecule has 1 heterocycles. The number of Topliss-reactive ketones (excluding diaryl/α,β-unsaturated/α-hetero) is 1. The highest BCUT2D eigenvalue weighted by atomic mass is 32.1. The van der Waals surface area contributed by atoms with Gasteiger partial charge < -0.3 is 5.32 Å². The molecule has 2 rings (SSSR count). The summed E-state index contributed by atoms with van der Waals surface area (Å²) in [5, 5.41) is 6.31. The summed E-state index contributed by atoms with van der Waals surface area (Å²) >= 11 is 1.02. The number of amides is 1.